The lowest BCUT2D eigenvalue weighted by molar-refractivity contribution is 0.155. The van der Waals surface area contributed by atoms with Crippen LogP contribution in [0.15, 0.2) is 18.2 Å². The summed E-state index contributed by atoms with van der Waals surface area (Å²) in [6.45, 7) is 9.42. The fourth-order valence-corrected chi connectivity index (χ4v) is 4.76. The van der Waals surface area contributed by atoms with E-state index in [4.69, 9.17) is 11.6 Å². The molecule has 3 unspecified atom stereocenters. The number of benzene rings is 1. The lowest BCUT2D eigenvalue weighted by Gasteiger charge is -2.44. The van der Waals surface area contributed by atoms with Gasteiger partial charge >= 0.3 is 0 Å². The van der Waals surface area contributed by atoms with Crippen molar-refractivity contribution in [2.24, 2.45) is 16.7 Å². The highest BCUT2D eigenvalue weighted by Crippen LogP contribution is 2.63. The van der Waals surface area contributed by atoms with Crippen LogP contribution < -0.4 is 5.32 Å². The molecule has 1 N–H and O–H groups in total. The van der Waals surface area contributed by atoms with Crippen LogP contribution in [0.25, 0.3) is 0 Å². The Labute approximate surface area is 121 Å². The van der Waals surface area contributed by atoms with E-state index in [1.54, 1.807) is 0 Å². The van der Waals surface area contributed by atoms with E-state index in [0.717, 1.165) is 10.9 Å². The van der Waals surface area contributed by atoms with E-state index in [2.05, 4.69) is 39.1 Å². The van der Waals surface area contributed by atoms with Crippen molar-refractivity contribution in [3.8, 4) is 0 Å². The zero-order valence-electron chi connectivity index (χ0n) is 12.4. The quantitative estimate of drug-likeness (QED) is 0.776. The molecule has 2 aliphatic carbocycles. The van der Waals surface area contributed by atoms with Gasteiger partial charge in [-0.05, 0) is 60.6 Å². The van der Waals surface area contributed by atoms with E-state index >= 15 is 0 Å². The first-order valence-electron chi connectivity index (χ1n) is 7.36. The third-order valence-electron chi connectivity index (χ3n) is 5.84. The number of fused-ring (bicyclic) bond motifs is 2. The summed E-state index contributed by atoms with van der Waals surface area (Å²) in [5.74, 6) is 0.870. The van der Waals surface area contributed by atoms with Gasteiger partial charge in [-0.2, -0.15) is 0 Å². The second-order valence-corrected chi connectivity index (χ2v) is 7.81. The fraction of sp³-hybridized carbons (Fsp3) is 0.647. The standard InChI is InChI=1S/C17H24ClN/c1-11-13(18)6-5-7-14(11)19-15-16(2,3)12-8-9-17(15,4)10-12/h5-7,12,15,19H,8-10H2,1-4H3. The normalized spacial score (nSPS) is 35.6. The van der Waals surface area contributed by atoms with E-state index < -0.39 is 0 Å². The molecule has 0 saturated heterocycles. The fourth-order valence-electron chi connectivity index (χ4n) is 4.58. The average molecular weight is 278 g/mol. The van der Waals surface area contributed by atoms with E-state index in [1.165, 1.54) is 30.5 Å². The van der Waals surface area contributed by atoms with Gasteiger partial charge in [0.15, 0.2) is 0 Å². The molecule has 1 nitrogen and oxygen atoms in total. The molecule has 0 heterocycles. The first-order valence-corrected chi connectivity index (χ1v) is 7.74. The second kappa shape index (κ2) is 4.15. The van der Waals surface area contributed by atoms with Gasteiger partial charge in [0.1, 0.15) is 0 Å². The van der Waals surface area contributed by atoms with Crippen LogP contribution in [-0.4, -0.2) is 6.04 Å². The Bertz CT molecular complexity index is 503. The maximum atomic E-state index is 6.24. The van der Waals surface area contributed by atoms with Gasteiger partial charge in [-0.1, -0.05) is 38.4 Å². The van der Waals surface area contributed by atoms with Crippen LogP contribution in [-0.2, 0) is 0 Å². The maximum absolute atomic E-state index is 6.24. The Morgan fingerprint density at radius 1 is 1.26 bits per heavy atom. The number of hydrogen-bond donors (Lipinski definition) is 1. The van der Waals surface area contributed by atoms with E-state index in [0.29, 0.717) is 16.9 Å². The summed E-state index contributed by atoms with van der Waals surface area (Å²) < 4.78 is 0. The van der Waals surface area contributed by atoms with Crippen molar-refractivity contribution >= 4 is 17.3 Å². The summed E-state index contributed by atoms with van der Waals surface area (Å²) in [4.78, 5) is 0. The summed E-state index contributed by atoms with van der Waals surface area (Å²) in [6, 6.07) is 6.72. The van der Waals surface area contributed by atoms with E-state index in [1.807, 2.05) is 12.1 Å². The van der Waals surface area contributed by atoms with E-state index in [-0.39, 0.29) is 0 Å². The zero-order valence-corrected chi connectivity index (χ0v) is 13.1. The Kier molecular flexibility index (Phi) is 2.91. The molecular weight excluding hydrogens is 254 g/mol. The molecular formula is C17H24ClN. The van der Waals surface area contributed by atoms with Crippen molar-refractivity contribution < 1.29 is 0 Å². The largest absolute Gasteiger partial charge is 0.381 e. The SMILES string of the molecule is Cc1c(Cl)cccc1NC1C2(C)CCC(C2)C1(C)C. The van der Waals surface area contributed by atoms with Crippen LogP contribution in [0, 0.1) is 23.7 Å². The smallest absolute Gasteiger partial charge is 0.0455 e. The molecule has 2 heteroatoms. The summed E-state index contributed by atoms with van der Waals surface area (Å²) in [5, 5.41) is 4.69. The predicted molar refractivity (Wildman–Crippen MR) is 82.8 cm³/mol. The zero-order chi connectivity index (χ0) is 13.8. The number of halogens is 1. The first kappa shape index (κ1) is 13.3. The van der Waals surface area contributed by atoms with Gasteiger partial charge in [0.2, 0.25) is 0 Å². The lowest BCUT2D eigenvalue weighted by Crippen LogP contribution is -2.45. The molecule has 3 atom stereocenters. The first-order chi connectivity index (χ1) is 8.84. The Balaban J connectivity index is 1.93. The maximum Gasteiger partial charge on any atom is 0.0455 e. The minimum Gasteiger partial charge on any atom is -0.381 e. The summed E-state index contributed by atoms with van der Waals surface area (Å²) in [7, 11) is 0. The molecule has 2 bridgehead atoms. The van der Waals surface area contributed by atoms with Crippen LogP contribution in [0.1, 0.15) is 45.6 Å². The Morgan fingerprint density at radius 2 is 2.00 bits per heavy atom. The molecule has 19 heavy (non-hydrogen) atoms. The Morgan fingerprint density at radius 3 is 2.63 bits per heavy atom. The highest BCUT2D eigenvalue weighted by Gasteiger charge is 2.59. The van der Waals surface area contributed by atoms with E-state index in [9.17, 15) is 0 Å². The monoisotopic (exact) mass is 277 g/mol. The molecule has 0 spiro atoms. The number of anilines is 1. The lowest BCUT2D eigenvalue weighted by atomic mass is 9.68. The number of rotatable bonds is 2. The van der Waals surface area contributed by atoms with Crippen molar-refractivity contribution in [1.29, 1.82) is 0 Å². The topological polar surface area (TPSA) is 12.0 Å². The molecule has 0 amide bonds. The van der Waals surface area contributed by atoms with Gasteiger partial charge in [-0.25, -0.2) is 0 Å². The van der Waals surface area contributed by atoms with Crippen molar-refractivity contribution in [2.45, 2.75) is 53.0 Å². The van der Waals surface area contributed by atoms with Gasteiger partial charge in [-0.3, -0.25) is 0 Å². The third-order valence-corrected chi connectivity index (χ3v) is 6.25. The molecule has 1 aromatic rings. The minimum atomic E-state index is 0.377. The molecule has 1 aromatic carbocycles. The van der Waals surface area contributed by atoms with Crippen molar-refractivity contribution in [3.63, 3.8) is 0 Å². The highest BCUT2D eigenvalue weighted by atomic mass is 35.5. The van der Waals surface area contributed by atoms with Crippen molar-refractivity contribution in [2.75, 3.05) is 5.32 Å². The van der Waals surface area contributed by atoms with Gasteiger partial charge in [0, 0.05) is 16.8 Å². The predicted octanol–water partition coefficient (Wildman–Crippen LogP) is 5.28. The van der Waals surface area contributed by atoms with Crippen LogP contribution in [0.4, 0.5) is 5.69 Å². The molecule has 3 rings (SSSR count). The summed E-state index contributed by atoms with van der Waals surface area (Å²) >= 11 is 6.24. The summed E-state index contributed by atoms with van der Waals surface area (Å²) in [6.07, 6.45) is 4.13. The second-order valence-electron chi connectivity index (χ2n) is 7.40. The molecule has 2 aliphatic rings. The van der Waals surface area contributed by atoms with Crippen molar-refractivity contribution in [3.05, 3.63) is 28.8 Å². The molecule has 2 saturated carbocycles. The molecule has 104 valence electrons. The van der Waals surface area contributed by atoms with Crippen LogP contribution in [0.5, 0.6) is 0 Å². The van der Waals surface area contributed by atoms with Gasteiger partial charge in [0.25, 0.3) is 0 Å². The van der Waals surface area contributed by atoms with Gasteiger partial charge in [0.05, 0.1) is 0 Å². The molecule has 0 aromatic heterocycles. The number of hydrogen-bond acceptors (Lipinski definition) is 1. The van der Waals surface area contributed by atoms with Gasteiger partial charge in [-0.15, -0.1) is 0 Å². The molecule has 2 fully saturated rings. The molecule has 0 aliphatic heterocycles. The third kappa shape index (κ3) is 1.89. The van der Waals surface area contributed by atoms with Gasteiger partial charge < -0.3 is 5.32 Å². The van der Waals surface area contributed by atoms with Crippen molar-refractivity contribution in [1.82, 2.24) is 0 Å². The van der Waals surface area contributed by atoms with Crippen LogP contribution >= 0.6 is 11.6 Å². The minimum absolute atomic E-state index is 0.377. The Hall–Kier alpha value is -0.690. The van der Waals surface area contributed by atoms with Crippen LogP contribution in [0.3, 0.4) is 0 Å². The van der Waals surface area contributed by atoms with Crippen LogP contribution in [0.2, 0.25) is 5.02 Å². The highest BCUT2D eigenvalue weighted by molar-refractivity contribution is 6.31. The number of nitrogens with one attached hydrogen (secondary N) is 1. The average Bonchev–Trinajstić information content (AvgIpc) is 2.81. The molecule has 0 radical (unpaired) electrons. The summed E-state index contributed by atoms with van der Waals surface area (Å²) in [5.41, 5.74) is 3.20.